The van der Waals surface area contributed by atoms with E-state index in [9.17, 15) is 18.4 Å². The Bertz CT molecular complexity index is 911. The molecule has 0 aliphatic heterocycles. The average Bonchev–Trinajstić information content (AvgIpc) is 2.42. The van der Waals surface area contributed by atoms with Crippen molar-refractivity contribution in [2.75, 3.05) is 0 Å². The maximum Gasteiger partial charge on any atom is 0.321 e. The van der Waals surface area contributed by atoms with E-state index in [0.717, 1.165) is 22.8 Å². The third kappa shape index (κ3) is 1.91. The molecule has 0 bridgehead atoms. The topological polar surface area (TPSA) is 54.9 Å². The Labute approximate surface area is 110 Å². The van der Waals surface area contributed by atoms with Crippen LogP contribution in [0.3, 0.4) is 0 Å². The van der Waals surface area contributed by atoms with Gasteiger partial charge in [0.1, 0.15) is 11.6 Å². The Hall–Kier alpha value is -2.76. The molecule has 0 amide bonds. The van der Waals surface area contributed by atoms with Crippen LogP contribution in [0.5, 0.6) is 0 Å². The predicted octanol–water partition coefficient (Wildman–Crippen LogP) is 1.96. The van der Waals surface area contributed by atoms with Gasteiger partial charge in [-0.25, -0.2) is 8.78 Å². The van der Waals surface area contributed by atoms with E-state index in [0.29, 0.717) is 5.52 Å². The Morgan fingerprint density at radius 1 is 0.900 bits per heavy atom. The molecule has 0 atom stereocenters. The number of benzene rings is 2. The van der Waals surface area contributed by atoms with E-state index in [-0.39, 0.29) is 11.2 Å². The van der Waals surface area contributed by atoms with E-state index in [1.54, 1.807) is 0 Å². The fourth-order valence-corrected chi connectivity index (χ4v) is 2.03. The van der Waals surface area contributed by atoms with E-state index in [1.807, 2.05) is 0 Å². The van der Waals surface area contributed by atoms with Crippen molar-refractivity contribution in [1.29, 1.82) is 0 Å². The lowest BCUT2D eigenvalue weighted by molar-refractivity contribution is 0.626. The van der Waals surface area contributed by atoms with Gasteiger partial charge in [0.25, 0.3) is 0 Å². The fourth-order valence-electron chi connectivity index (χ4n) is 2.03. The Morgan fingerprint density at radius 2 is 1.55 bits per heavy atom. The minimum Gasteiger partial charge on any atom is -0.316 e. The predicted molar refractivity (Wildman–Crippen MR) is 70.1 cm³/mol. The van der Waals surface area contributed by atoms with Crippen LogP contribution >= 0.6 is 0 Å². The van der Waals surface area contributed by atoms with Crippen LogP contribution in [0.2, 0.25) is 0 Å². The SMILES string of the molecule is O=c1[nH]c2ccc(F)cc2n(-c2ccc(F)cc2)c1=O. The summed E-state index contributed by atoms with van der Waals surface area (Å²) in [6.07, 6.45) is 0. The molecule has 3 rings (SSSR count). The molecule has 6 heteroatoms. The van der Waals surface area contributed by atoms with Crippen molar-refractivity contribution < 1.29 is 8.78 Å². The molecule has 2 aromatic carbocycles. The van der Waals surface area contributed by atoms with Crippen molar-refractivity contribution >= 4 is 11.0 Å². The maximum atomic E-state index is 13.4. The maximum absolute atomic E-state index is 13.4. The molecule has 0 aliphatic rings. The second-order valence-corrected chi connectivity index (χ2v) is 4.23. The van der Waals surface area contributed by atoms with Crippen LogP contribution in [-0.4, -0.2) is 9.55 Å². The van der Waals surface area contributed by atoms with Gasteiger partial charge in [0.05, 0.1) is 11.0 Å². The first-order valence-corrected chi connectivity index (χ1v) is 5.77. The molecule has 1 N–H and O–H groups in total. The second kappa shape index (κ2) is 4.41. The molecule has 1 heterocycles. The number of halogens is 2. The molecule has 0 aliphatic carbocycles. The van der Waals surface area contributed by atoms with Crippen LogP contribution in [-0.2, 0) is 0 Å². The molecule has 100 valence electrons. The molecule has 20 heavy (non-hydrogen) atoms. The summed E-state index contributed by atoms with van der Waals surface area (Å²) in [6, 6.07) is 8.70. The van der Waals surface area contributed by atoms with Crippen molar-refractivity contribution in [3.05, 3.63) is 74.8 Å². The first-order chi connectivity index (χ1) is 9.56. The molecule has 0 unspecified atom stereocenters. The Morgan fingerprint density at radius 3 is 2.25 bits per heavy atom. The van der Waals surface area contributed by atoms with Crippen LogP contribution in [0.1, 0.15) is 0 Å². The smallest absolute Gasteiger partial charge is 0.316 e. The van der Waals surface area contributed by atoms with Crippen molar-refractivity contribution in [2.24, 2.45) is 0 Å². The van der Waals surface area contributed by atoms with E-state index in [4.69, 9.17) is 0 Å². The molecule has 0 saturated carbocycles. The summed E-state index contributed by atoms with van der Waals surface area (Å²) in [5.41, 5.74) is -0.859. The molecule has 1 aromatic heterocycles. The Balaban J connectivity index is 2.47. The molecular formula is C14H8F2N2O2. The molecule has 0 radical (unpaired) electrons. The van der Waals surface area contributed by atoms with Gasteiger partial charge in [-0.15, -0.1) is 0 Å². The van der Waals surface area contributed by atoms with Gasteiger partial charge < -0.3 is 4.98 Å². The molecular weight excluding hydrogens is 266 g/mol. The minimum absolute atomic E-state index is 0.209. The van der Waals surface area contributed by atoms with Gasteiger partial charge in [0, 0.05) is 11.8 Å². The Kier molecular flexibility index (Phi) is 2.71. The van der Waals surface area contributed by atoms with Crippen LogP contribution in [0.15, 0.2) is 52.1 Å². The third-order valence-corrected chi connectivity index (χ3v) is 2.93. The van der Waals surface area contributed by atoms with Gasteiger partial charge >= 0.3 is 11.1 Å². The summed E-state index contributed by atoms with van der Waals surface area (Å²) in [6.45, 7) is 0. The number of H-pyrrole nitrogens is 1. The first kappa shape index (κ1) is 12.3. The standard InChI is InChI=1S/C14H8F2N2O2/c15-8-1-4-10(5-2-8)18-12-7-9(16)3-6-11(12)17-13(19)14(18)20/h1-7H,(H,17,19). The van der Waals surface area contributed by atoms with Gasteiger partial charge in [0.2, 0.25) is 0 Å². The lowest BCUT2D eigenvalue weighted by atomic mass is 10.2. The second-order valence-electron chi connectivity index (χ2n) is 4.23. The zero-order valence-corrected chi connectivity index (χ0v) is 10.1. The lowest BCUT2D eigenvalue weighted by Crippen LogP contribution is -2.35. The number of hydrogen-bond donors (Lipinski definition) is 1. The fraction of sp³-hybridized carbons (Fsp3) is 0. The summed E-state index contributed by atoms with van der Waals surface area (Å²) in [4.78, 5) is 26.0. The number of hydrogen-bond acceptors (Lipinski definition) is 2. The number of aromatic amines is 1. The highest BCUT2D eigenvalue weighted by Gasteiger charge is 2.10. The van der Waals surface area contributed by atoms with Gasteiger partial charge in [-0.05, 0) is 36.4 Å². The van der Waals surface area contributed by atoms with Crippen LogP contribution in [0, 0.1) is 11.6 Å². The highest BCUT2D eigenvalue weighted by atomic mass is 19.1. The first-order valence-electron chi connectivity index (χ1n) is 5.77. The number of nitrogens with one attached hydrogen (secondary N) is 1. The van der Waals surface area contributed by atoms with E-state index < -0.39 is 22.8 Å². The summed E-state index contributed by atoms with van der Waals surface area (Å²) < 4.78 is 27.4. The highest BCUT2D eigenvalue weighted by Crippen LogP contribution is 2.15. The van der Waals surface area contributed by atoms with Crippen LogP contribution < -0.4 is 11.1 Å². The van der Waals surface area contributed by atoms with E-state index in [1.165, 1.54) is 24.3 Å². The van der Waals surface area contributed by atoms with Crippen molar-refractivity contribution in [1.82, 2.24) is 9.55 Å². The minimum atomic E-state index is -0.852. The van der Waals surface area contributed by atoms with Crippen LogP contribution in [0.25, 0.3) is 16.7 Å². The molecule has 3 aromatic rings. The average molecular weight is 274 g/mol. The number of rotatable bonds is 1. The van der Waals surface area contributed by atoms with Crippen LogP contribution in [0.4, 0.5) is 8.78 Å². The summed E-state index contributed by atoms with van der Waals surface area (Å²) in [5, 5.41) is 0. The molecule has 4 nitrogen and oxygen atoms in total. The number of nitrogens with zero attached hydrogens (tertiary/aromatic N) is 1. The van der Waals surface area contributed by atoms with Crippen molar-refractivity contribution in [2.45, 2.75) is 0 Å². The zero-order valence-electron chi connectivity index (χ0n) is 10.1. The van der Waals surface area contributed by atoms with Crippen molar-refractivity contribution in [3.8, 4) is 5.69 Å². The largest absolute Gasteiger partial charge is 0.321 e. The van der Waals surface area contributed by atoms with Crippen molar-refractivity contribution in [3.63, 3.8) is 0 Å². The van der Waals surface area contributed by atoms with Gasteiger partial charge in [-0.3, -0.25) is 14.2 Å². The third-order valence-electron chi connectivity index (χ3n) is 2.93. The number of aromatic nitrogens is 2. The van der Waals surface area contributed by atoms with E-state index >= 15 is 0 Å². The molecule has 0 saturated heterocycles. The summed E-state index contributed by atoms with van der Waals surface area (Å²) in [7, 11) is 0. The molecule has 0 spiro atoms. The number of fused-ring (bicyclic) bond motifs is 1. The van der Waals surface area contributed by atoms with Gasteiger partial charge in [-0.2, -0.15) is 0 Å². The zero-order chi connectivity index (χ0) is 14.3. The highest BCUT2D eigenvalue weighted by molar-refractivity contribution is 5.76. The summed E-state index contributed by atoms with van der Waals surface area (Å²) in [5.74, 6) is -1.01. The monoisotopic (exact) mass is 274 g/mol. The van der Waals surface area contributed by atoms with E-state index in [2.05, 4.69) is 4.98 Å². The van der Waals surface area contributed by atoms with Gasteiger partial charge in [0.15, 0.2) is 0 Å². The molecule has 0 fully saturated rings. The quantitative estimate of drug-likeness (QED) is 0.690. The normalized spacial score (nSPS) is 10.9. The lowest BCUT2D eigenvalue weighted by Gasteiger charge is -2.09. The summed E-state index contributed by atoms with van der Waals surface area (Å²) >= 11 is 0. The van der Waals surface area contributed by atoms with Gasteiger partial charge in [-0.1, -0.05) is 0 Å².